The van der Waals surface area contributed by atoms with Gasteiger partial charge in [-0.2, -0.15) is 0 Å². The number of hydrogen-bond donors (Lipinski definition) is 0. The molecule has 1 atom stereocenters. The summed E-state index contributed by atoms with van der Waals surface area (Å²) in [6, 6.07) is 8.44. The second-order valence-electron chi connectivity index (χ2n) is 5.62. The maximum atomic E-state index is 5.86. The van der Waals surface area contributed by atoms with E-state index in [9.17, 15) is 0 Å². The van der Waals surface area contributed by atoms with E-state index in [2.05, 4.69) is 48.5 Å². The Labute approximate surface area is 121 Å². The van der Waals surface area contributed by atoms with Crippen LogP contribution in [0.1, 0.15) is 38.1 Å². The summed E-state index contributed by atoms with van der Waals surface area (Å²) in [5, 5.41) is 0. The van der Waals surface area contributed by atoms with Gasteiger partial charge >= 0.3 is 0 Å². The maximum Gasteiger partial charge on any atom is 0.119 e. The molecule has 108 valence electrons. The topological polar surface area (TPSA) is 27.1 Å². The van der Waals surface area contributed by atoms with Gasteiger partial charge in [-0.3, -0.25) is 0 Å². The van der Waals surface area contributed by atoms with Crippen molar-refractivity contribution in [3.8, 4) is 5.75 Å². The van der Waals surface area contributed by atoms with Crippen LogP contribution in [0, 0.1) is 12.8 Å². The highest BCUT2D eigenvalue weighted by molar-refractivity contribution is 5.30. The molecule has 0 amide bonds. The van der Waals surface area contributed by atoms with Gasteiger partial charge in [0.05, 0.1) is 6.54 Å². The molecular weight excluding hydrogens is 248 g/mol. The molecule has 0 aliphatic rings. The number of nitrogens with zero attached hydrogens (tertiary/aromatic N) is 2. The zero-order valence-electron chi connectivity index (χ0n) is 12.8. The highest BCUT2D eigenvalue weighted by atomic mass is 16.5. The Bertz CT molecular complexity index is 545. The summed E-state index contributed by atoms with van der Waals surface area (Å²) >= 11 is 0. The van der Waals surface area contributed by atoms with Crippen molar-refractivity contribution in [2.45, 2.75) is 40.2 Å². The Morgan fingerprint density at radius 1 is 1.25 bits per heavy atom. The number of rotatable bonds is 6. The Kier molecular flexibility index (Phi) is 4.83. The minimum Gasteiger partial charge on any atom is -0.492 e. The maximum absolute atomic E-state index is 5.86. The highest BCUT2D eigenvalue weighted by Crippen LogP contribution is 2.26. The van der Waals surface area contributed by atoms with Crippen molar-refractivity contribution in [2.24, 2.45) is 5.92 Å². The Morgan fingerprint density at radius 2 is 2.05 bits per heavy atom. The van der Waals surface area contributed by atoms with Crippen molar-refractivity contribution in [1.82, 2.24) is 9.55 Å². The van der Waals surface area contributed by atoms with E-state index in [0.717, 1.165) is 18.1 Å². The average Bonchev–Trinajstić information content (AvgIpc) is 2.84. The highest BCUT2D eigenvalue weighted by Gasteiger charge is 2.10. The first-order valence-electron chi connectivity index (χ1n) is 7.28. The van der Waals surface area contributed by atoms with Gasteiger partial charge in [-0.1, -0.05) is 32.9 Å². The van der Waals surface area contributed by atoms with E-state index >= 15 is 0 Å². The van der Waals surface area contributed by atoms with Gasteiger partial charge in [0.25, 0.3) is 0 Å². The van der Waals surface area contributed by atoms with Crippen LogP contribution in [0.3, 0.4) is 0 Å². The van der Waals surface area contributed by atoms with Gasteiger partial charge in [-0.15, -0.1) is 0 Å². The van der Waals surface area contributed by atoms with Crippen LogP contribution < -0.4 is 4.74 Å². The summed E-state index contributed by atoms with van der Waals surface area (Å²) in [7, 11) is 0. The zero-order chi connectivity index (χ0) is 14.5. The lowest BCUT2D eigenvalue weighted by Crippen LogP contribution is -2.09. The van der Waals surface area contributed by atoms with E-state index in [-0.39, 0.29) is 0 Å². The summed E-state index contributed by atoms with van der Waals surface area (Å²) < 4.78 is 7.95. The zero-order valence-corrected chi connectivity index (χ0v) is 12.8. The minimum atomic E-state index is 0.550. The number of aryl methyl sites for hydroxylation is 1. The van der Waals surface area contributed by atoms with Crippen LogP contribution in [-0.4, -0.2) is 16.2 Å². The van der Waals surface area contributed by atoms with Gasteiger partial charge in [0.1, 0.15) is 18.2 Å². The summed E-state index contributed by atoms with van der Waals surface area (Å²) in [5.74, 6) is 3.16. The van der Waals surface area contributed by atoms with E-state index in [1.807, 2.05) is 25.4 Å². The minimum absolute atomic E-state index is 0.550. The molecule has 20 heavy (non-hydrogen) atoms. The van der Waals surface area contributed by atoms with Gasteiger partial charge in [-0.25, -0.2) is 4.98 Å². The van der Waals surface area contributed by atoms with Gasteiger partial charge in [0.2, 0.25) is 0 Å². The number of benzene rings is 1. The predicted octanol–water partition coefficient (Wildman–Crippen LogP) is 4.03. The first-order chi connectivity index (χ1) is 9.58. The molecule has 0 saturated carbocycles. The molecule has 1 aromatic heterocycles. The summed E-state index contributed by atoms with van der Waals surface area (Å²) in [6.45, 7) is 10.3. The molecular formula is C17H24N2O. The Balaban J connectivity index is 1.93. The molecule has 3 heteroatoms. The lowest BCUT2D eigenvalue weighted by atomic mass is 9.90. The van der Waals surface area contributed by atoms with Crippen LogP contribution in [0.5, 0.6) is 5.75 Å². The summed E-state index contributed by atoms with van der Waals surface area (Å²) in [5.41, 5.74) is 1.34. The quantitative estimate of drug-likeness (QED) is 0.794. The van der Waals surface area contributed by atoms with Gasteiger partial charge in [0.15, 0.2) is 0 Å². The SMILES string of the molecule is Cc1nccn1CCOc1cccc(C(C)C(C)C)c1. The van der Waals surface area contributed by atoms with Gasteiger partial charge < -0.3 is 9.30 Å². The third kappa shape index (κ3) is 3.62. The summed E-state index contributed by atoms with van der Waals surface area (Å²) in [6.07, 6.45) is 3.80. The molecule has 0 spiro atoms. The molecule has 0 bridgehead atoms. The van der Waals surface area contributed by atoms with Crippen molar-refractivity contribution < 1.29 is 4.74 Å². The van der Waals surface area contributed by atoms with Crippen LogP contribution in [0.2, 0.25) is 0 Å². The second-order valence-corrected chi connectivity index (χ2v) is 5.62. The monoisotopic (exact) mass is 272 g/mol. The third-order valence-electron chi connectivity index (χ3n) is 3.91. The standard InChI is InChI=1S/C17H24N2O/c1-13(2)14(3)16-6-5-7-17(12-16)20-11-10-19-9-8-18-15(19)4/h5-9,12-14H,10-11H2,1-4H3. The molecule has 0 N–H and O–H groups in total. The van der Waals surface area contributed by atoms with E-state index in [4.69, 9.17) is 4.74 Å². The van der Waals surface area contributed by atoms with Crippen molar-refractivity contribution >= 4 is 0 Å². The van der Waals surface area contributed by atoms with Crippen LogP contribution in [0.4, 0.5) is 0 Å². The third-order valence-corrected chi connectivity index (χ3v) is 3.91. The summed E-state index contributed by atoms with van der Waals surface area (Å²) in [4.78, 5) is 4.21. The molecule has 1 heterocycles. The molecule has 1 unspecified atom stereocenters. The number of hydrogen-bond acceptors (Lipinski definition) is 2. The molecule has 0 radical (unpaired) electrons. The largest absolute Gasteiger partial charge is 0.492 e. The van der Waals surface area contributed by atoms with Crippen LogP contribution in [0.25, 0.3) is 0 Å². The molecule has 2 rings (SSSR count). The van der Waals surface area contributed by atoms with Gasteiger partial charge in [0, 0.05) is 12.4 Å². The normalized spacial score (nSPS) is 12.7. The molecule has 0 saturated heterocycles. The number of imidazole rings is 1. The number of ether oxygens (including phenoxy) is 1. The fourth-order valence-electron chi connectivity index (χ4n) is 2.17. The molecule has 3 nitrogen and oxygen atoms in total. The van der Waals surface area contributed by atoms with E-state index in [1.165, 1.54) is 5.56 Å². The molecule has 0 aliphatic heterocycles. The Hall–Kier alpha value is -1.77. The van der Waals surface area contributed by atoms with Crippen LogP contribution >= 0.6 is 0 Å². The van der Waals surface area contributed by atoms with Gasteiger partial charge in [-0.05, 0) is 36.5 Å². The van der Waals surface area contributed by atoms with Crippen molar-refractivity contribution in [3.63, 3.8) is 0 Å². The fourth-order valence-corrected chi connectivity index (χ4v) is 2.17. The second kappa shape index (κ2) is 6.60. The smallest absolute Gasteiger partial charge is 0.119 e. The molecule has 1 aromatic carbocycles. The molecule has 2 aromatic rings. The molecule has 0 aliphatic carbocycles. The Morgan fingerprint density at radius 3 is 2.70 bits per heavy atom. The first-order valence-corrected chi connectivity index (χ1v) is 7.28. The molecule has 0 fully saturated rings. The predicted molar refractivity (Wildman–Crippen MR) is 82.2 cm³/mol. The van der Waals surface area contributed by atoms with Crippen molar-refractivity contribution in [2.75, 3.05) is 6.61 Å². The van der Waals surface area contributed by atoms with E-state index in [0.29, 0.717) is 18.4 Å². The number of aromatic nitrogens is 2. The van der Waals surface area contributed by atoms with Crippen LogP contribution in [-0.2, 0) is 6.54 Å². The fraction of sp³-hybridized carbons (Fsp3) is 0.471. The van der Waals surface area contributed by atoms with Crippen molar-refractivity contribution in [1.29, 1.82) is 0 Å². The van der Waals surface area contributed by atoms with Crippen LogP contribution in [0.15, 0.2) is 36.7 Å². The van der Waals surface area contributed by atoms with Crippen molar-refractivity contribution in [3.05, 3.63) is 48.0 Å². The lowest BCUT2D eigenvalue weighted by Gasteiger charge is -2.17. The first kappa shape index (κ1) is 14.6. The van der Waals surface area contributed by atoms with E-state index < -0.39 is 0 Å². The van der Waals surface area contributed by atoms with E-state index in [1.54, 1.807) is 0 Å². The lowest BCUT2D eigenvalue weighted by molar-refractivity contribution is 0.296. The average molecular weight is 272 g/mol.